The van der Waals surface area contributed by atoms with E-state index in [1.54, 1.807) is 42.5 Å². The standard InChI is InChI=1S/C25H29ClN6O4/c1-16-12-21(23(15-20(16)26)35-11-10-32(3)4)29-25(34)31-30-17-6-5-7-18(13-17)36-19-8-9-28-22(14-19)24(33)27-2/h5-9,12-15,30H,10-11H2,1-4H3,(H,27,33)(H2,29,31,34). The number of urea groups is 1. The zero-order valence-corrected chi connectivity index (χ0v) is 21.3. The van der Waals surface area contributed by atoms with E-state index >= 15 is 0 Å². The van der Waals surface area contributed by atoms with Gasteiger partial charge in [0.15, 0.2) is 0 Å². The van der Waals surface area contributed by atoms with Crippen LogP contribution in [0, 0.1) is 6.92 Å². The Kier molecular flexibility index (Phi) is 9.32. The van der Waals surface area contributed by atoms with Crippen LogP contribution < -0.4 is 31.0 Å². The van der Waals surface area contributed by atoms with Gasteiger partial charge in [0.25, 0.3) is 5.91 Å². The molecule has 3 aromatic rings. The molecule has 10 nitrogen and oxygen atoms in total. The van der Waals surface area contributed by atoms with Crippen molar-refractivity contribution in [3.8, 4) is 17.2 Å². The lowest BCUT2D eigenvalue weighted by Gasteiger charge is -2.17. The third-order valence-electron chi connectivity index (χ3n) is 4.89. The number of carbonyl (C=O) groups excluding carboxylic acids is 2. The number of anilines is 2. The first-order valence-corrected chi connectivity index (χ1v) is 11.5. The van der Waals surface area contributed by atoms with E-state index in [1.807, 2.05) is 25.9 Å². The van der Waals surface area contributed by atoms with Crippen LogP contribution in [-0.4, -0.2) is 56.1 Å². The van der Waals surface area contributed by atoms with Crippen molar-refractivity contribution >= 4 is 34.9 Å². The van der Waals surface area contributed by atoms with Gasteiger partial charge in [-0.25, -0.2) is 4.79 Å². The lowest BCUT2D eigenvalue weighted by molar-refractivity contribution is 0.0957. The molecule has 1 heterocycles. The van der Waals surface area contributed by atoms with E-state index in [1.165, 1.54) is 19.3 Å². The smallest absolute Gasteiger partial charge is 0.337 e. The van der Waals surface area contributed by atoms with Crippen LogP contribution in [0.15, 0.2) is 54.7 Å². The Labute approximate surface area is 214 Å². The molecule has 0 radical (unpaired) electrons. The maximum atomic E-state index is 12.6. The number of pyridine rings is 1. The molecule has 3 rings (SSSR count). The molecule has 0 aliphatic heterocycles. The number of aryl methyl sites for hydroxylation is 1. The van der Waals surface area contributed by atoms with Crippen LogP contribution in [0.4, 0.5) is 16.2 Å². The number of ether oxygens (including phenoxy) is 2. The summed E-state index contributed by atoms with van der Waals surface area (Å²) in [5.74, 6) is 1.12. The van der Waals surface area contributed by atoms with Gasteiger partial charge in [-0.3, -0.25) is 20.6 Å². The number of nitrogens with one attached hydrogen (secondary N) is 4. The number of hydrazine groups is 1. The van der Waals surface area contributed by atoms with Crippen molar-refractivity contribution in [2.45, 2.75) is 6.92 Å². The van der Waals surface area contributed by atoms with Crippen molar-refractivity contribution in [2.75, 3.05) is 45.0 Å². The number of nitrogens with zero attached hydrogens (tertiary/aromatic N) is 2. The molecule has 190 valence electrons. The summed E-state index contributed by atoms with van der Waals surface area (Å²) in [7, 11) is 5.43. The number of aromatic nitrogens is 1. The molecule has 2 aromatic carbocycles. The maximum absolute atomic E-state index is 12.6. The Morgan fingerprint density at radius 3 is 2.61 bits per heavy atom. The number of carbonyl (C=O) groups is 2. The average molecular weight is 513 g/mol. The van der Waals surface area contributed by atoms with Crippen molar-refractivity contribution in [3.05, 3.63) is 71.0 Å². The fraction of sp³-hybridized carbons (Fsp3) is 0.240. The van der Waals surface area contributed by atoms with Crippen LogP contribution in [-0.2, 0) is 0 Å². The second-order valence-corrected chi connectivity index (χ2v) is 8.45. The molecule has 0 aliphatic carbocycles. The highest BCUT2D eigenvalue weighted by atomic mass is 35.5. The minimum Gasteiger partial charge on any atom is -0.490 e. The van der Waals surface area contributed by atoms with Gasteiger partial charge in [-0.2, -0.15) is 0 Å². The summed E-state index contributed by atoms with van der Waals surface area (Å²) in [6.07, 6.45) is 1.49. The largest absolute Gasteiger partial charge is 0.490 e. The number of benzene rings is 2. The number of hydrogen-bond acceptors (Lipinski definition) is 7. The number of amides is 3. The number of likely N-dealkylation sites (N-methyl/N-ethyl adjacent to an activating group) is 1. The van der Waals surface area contributed by atoms with Gasteiger partial charge < -0.3 is 25.0 Å². The molecule has 0 saturated heterocycles. The first-order valence-electron chi connectivity index (χ1n) is 11.1. The summed E-state index contributed by atoms with van der Waals surface area (Å²) in [6, 6.07) is 13.1. The molecule has 0 unspecified atom stereocenters. The SMILES string of the molecule is CNC(=O)c1cc(Oc2cccc(NNC(=O)Nc3cc(C)c(Cl)cc3OCCN(C)C)c2)ccn1. The molecule has 36 heavy (non-hydrogen) atoms. The zero-order chi connectivity index (χ0) is 26.1. The van der Waals surface area contributed by atoms with Gasteiger partial charge in [0.05, 0.1) is 11.4 Å². The van der Waals surface area contributed by atoms with Gasteiger partial charge in [0.1, 0.15) is 29.5 Å². The molecule has 0 spiro atoms. The molecule has 0 bridgehead atoms. The van der Waals surface area contributed by atoms with Gasteiger partial charge in [0, 0.05) is 43.0 Å². The third kappa shape index (κ3) is 7.76. The zero-order valence-electron chi connectivity index (χ0n) is 20.5. The van der Waals surface area contributed by atoms with E-state index in [0.717, 1.165) is 5.56 Å². The van der Waals surface area contributed by atoms with Crippen LogP contribution in [0.1, 0.15) is 16.1 Å². The number of rotatable bonds is 10. The van der Waals surface area contributed by atoms with Crippen LogP contribution in [0.2, 0.25) is 5.02 Å². The highest BCUT2D eigenvalue weighted by Crippen LogP contribution is 2.31. The topological polar surface area (TPSA) is 117 Å². The molecule has 3 amide bonds. The normalized spacial score (nSPS) is 10.5. The Hall–Kier alpha value is -4.02. The molecule has 0 aliphatic rings. The summed E-state index contributed by atoms with van der Waals surface area (Å²) < 4.78 is 11.6. The van der Waals surface area contributed by atoms with Gasteiger partial charge in [-0.15, -0.1) is 0 Å². The van der Waals surface area contributed by atoms with E-state index in [4.69, 9.17) is 21.1 Å². The first-order chi connectivity index (χ1) is 17.2. The molecule has 1 aromatic heterocycles. The van der Waals surface area contributed by atoms with Crippen LogP contribution >= 0.6 is 11.6 Å². The van der Waals surface area contributed by atoms with Crippen molar-refractivity contribution < 1.29 is 19.1 Å². The average Bonchev–Trinajstić information content (AvgIpc) is 2.85. The molecular weight excluding hydrogens is 484 g/mol. The lowest BCUT2D eigenvalue weighted by atomic mass is 10.2. The van der Waals surface area contributed by atoms with E-state index in [9.17, 15) is 9.59 Å². The van der Waals surface area contributed by atoms with E-state index < -0.39 is 6.03 Å². The lowest BCUT2D eigenvalue weighted by Crippen LogP contribution is -2.33. The van der Waals surface area contributed by atoms with Gasteiger partial charge in [-0.1, -0.05) is 17.7 Å². The Bertz CT molecular complexity index is 1220. The Balaban J connectivity index is 1.61. The second kappa shape index (κ2) is 12.6. The van der Waals surface area contributed by atoms with Crippen molar-refractivity contribution in [2.24, 2.45) is 0 Å². The molecule has 4 N–H and O–H groups in total. The van der Waals surface area contributed by atoms with E-state index in [2.05, 4.69) is 26.5 Å². The number of hydrogen-bond donors (Lipinski definition) is 4. The quantitative estimate of drug-likeness (QED) is 0.299. The summed E-state index contributed by atoms with van der Waals surface area (Å²) >= 11 is 6.24. The van der Waals surface area contributed by atoms with Gasteiger partial charge in [0.2, 0.25) is 0 Å². The Morgan fingerprint density at radius 1 is 1.08 bits per heavy atom. The first kappa shape index (κ1) is 26.6. The highest BCUT2D eigenvalue weighted by molar-refractivity contribution is 6.31. The van der Waals surface area contributed by atoms with Gasteiger partial charge >= 0.3 is 6.03 Å². The second-order valence-electron chi connectivity index (χ2n) is 8.04. The van der Waals surface area contributed by atoms with Crippen molar-refractivity contribution in [1.82, 2.24) is 20.6 Å². The van der Waals surface area contributed by atoms with E-state index in [0.29, 0.717) is 46.8 Å². The molecule has 0 atom stereocenters. The predicted octanol–water partition coefficient (Wildman–Crippen LogP) is 4.28. The summed E-state index contributed by atoms with van der Waals surface area (Å²) in [5.41, 5.74) is 7.56. The fourth-order valence-corrected chi connectivity index (χ4v) is 3.16. The monoisotopic (exact) mass is 512 g/mol. The third-order valence-corrected chi connectivity index (χ3v) is 5.29. The van der Waals surface area contributed by atoms with Crippen LogP contribution in [0.25, 0.3) is 0 Å². The molecular formula is C25H29ClN6O4. The van der Waals surface area contributed by atoms with Crippen molar-refractivity contribution in [1.29, 1.82) is 0 Å². The van der Waals surface area contributed by atoms with Crippen molar-refractivity contribution in [3.63, 3.8) is 0 Å². The van der Waals surface area contributed by atoms with Crippen LogP contribution in [0.5, 0.6) is 17.2 Å². The summed E-state index contributed by atoms with van der Waals surface area (Å²) in [5, 5.41) is 5.85. The summed E-state index contributed by atoms with van der Waals surface area (Å²) in [6.45, 7) is 3.00. The summed E-state index contributed by atoms with van der Waals surface area (Å²) in [4.78, 5) is 30.4. The minimum atomic E-state index is -0.496. The predicted molar refractivity (Wildman–Crippen MR) is 140 cm³/mol. The fourth-order valence-electron chi connectivity index (χ4n) is 3.00. The molecule has 0 fully saturated rings. The van der Waals surface area contributed by atoms with Crippen LogP contribution in [0.3, 0.4) is 0 Å². The maximum Gasteiger partial charge on any atom is 0.337 e. The minimum absolute atomic E-state index is 0.241. The number of halogens is 1. The van der Waals surface area contributed by atoms with E-state index in [-0.39, 0.29) is 11.6 Å². The Morgan fingerprint density at radius 2 is 1.86 bits per heavy atom. The molecule has 11 heteroatoms. The van der Waals surface area contributed by atoms with Gasteiger partial charge in [-0.05, 0) is 50.8 Å². The highest BCUT2D eigenvalue weighted by Gasteiger charge is 2.12. The molecule has 0 saturated carbocycles.